The van der Waals surface area contributed by atoms with E-state index in [-0.39, 0.29) is 5.56 Å². The van der Waals surface area contributed by atoms with E-state index in [4.69, 9.17) is 9.72 Å². The van der Waals surface area contributed by atoms with Crippen LogP contribution in [-0.4, -0.2) is 23.3 Å². The molecular weight excluding hydrogens is 406 g/mol. The number of methoxy groups -OCH3 is 1. The van der Waals surface area contributed by atoms with Crippen LogP contribution in [0.1, 0.15) is 27.4 Å². The van der Waals surface area contributed by atoms with Crippen molar-refractivity contribution in [3.8, 4) is 17.2 Å². The average Bonchev–Trinajstić information content (AvgIpc) is 3.11. The minimum Gasteiger partial charge on any atom is -0.384 e. The third-order valence-electron chi connectivity index (χ3n) is 5.33. The Kier molecular flexibility index (Phi) is 5.99. The molecule has 0 unspecified atom stereocenters. The van der Waals surface area contributed by atoms with Crippen LogP contribution in [-0.2, 0) is 17.7 Å². The van der Waals surface area contributed by atoms with Crippen LogP contribution in [0.15, 0.2) is 53.3 Å². The summed E-state index contributed by atoms with van der Waals surface area (Å²) in [4.78, 5) is 20.5. The van der Waals surface area contributed by atoms with Crippen molar-refractivity contribution in [3.63, 3.8) is 0 Å². The predicted molar refractivity (Wildman–Crippen MR) is 125 cm³/mol. The minimum atomic E-state index is -0.0570. The van der Waals surface area contributed by atoms with Crippen molar-refractivity contribution in [1.82, 2.24) is 9.55 Å². The monoisotopic (exact) mass is 429 g/mol. The number of aromatic nitrogens is 2. The summed E-state index contributed by atoms with van der Waals surface area (Å²) in [5.74, 6) is 0.693. The Morgan fingerprint density at radius 2 is 1.94 bits per heavy atom. The zero-order valence-electron chi connectivity index (χ0n) is 17.8. The van der Waals surface area contributed by atoms with Crippen LogP contribution in [0.5, 0.6) is 0 Å². The lowest BCUT2D eigenvalue weighted by Crippen LogP contribution is -2.26. The van der Waals surface area contributed by atoms with E-state index in [2.05, 4.69) is 30.3 Å². The zero-order chi connectivity index (χ0) is 22.0. The number of ether oxygens (including phenoxy) is 1. The molecular formula is C25H23N3O2S. The van der Waals surface area contributed by atoms with E-state index < -0.39 is 0 Å². The molecule has 4 rings (SSSR count). The van der Waals surface area contributed by atoms with Gasteiger partial charge in [-0.1, -0.05) is 42.0 Å². The third kappa shape index (κ3) is 4.15. The van der Waals surface area contributed by atoms with E-state index >= 15 is 0 Å². The van der Waals surface area contributed by atoms with Gasteiger partial charge in [-0.3, -0.25) is 9.36 Å². The maximum Gasteiger partial charge on any atom is 0.263 e. The fourth-order valence-electron chi connectivity index (χ4n) is 3.77. The first kappa shape index (κ1) is 21.0. The van der Waals surface area contributed by atoms with Crippen LogP contribution >= 0.6 is 11.3 Å². The fourth-order valence-corrected chi connectivity index (χ4v) is 4.83. The summed E-state index contributed by atoms with van der Waals surface area (Å²) < 4.78 is 6.98. The van der Waals surface area contributed by atoms with Crippen molar-refractivity contribution >= 4 is 21.6 Å². The van der Waals surface area contributed by atoms with E-state index in [9.17, 15) is 10.1 Å². The number of hydrogen-bond donors (Lipinski definition) is 0. The van der Waals surface area contributed by atoms with Gasteiger partial charge in [0.05, 0.1) is 30.2 Å². The largest absolute Gasteiger partial charge is 0.384 e. The maximum absolute atomic E-state index is 13.8. The second-order valence-electron chi connectivity index (χ2n) is 7.55. The molecule has 2 aromatic heterocycles. The van der Waals surface area contributed by atoms with Crippen molar-refractivity contribution in [3.05, 3.63) is 86.3 Å². The van der Waals surface area contributed by atoms with Crippen LogP contribution in [0.2, 0.25) is 0 Å². The molecule has 2 aromatic carbocycles. The molecule has 2 heterocycles. The van der Waals surface area contributed by atoms with Gasteiger partial charge in [0, 0.05) is 24.0 Å². The normalized spacial score (nSPS) is 11.0. The van der Waals surface area contributed by atoms with Crippen LogP contribution in [0.25, 0.3) is 21.3 Å². The van der Waals surface area contributed by atoms with Crippen molar-refractivity contribution in [1.29, 1.82) is 5.26 Å². The van der Waals surface area contributed by atoms with E-state index in [1.54, 1.807) is 29.1 Å². The Bertz CT molecular complexity index is 1340. The quantitative estimate of drug-likeness (QED) is 0.439. The molecule has 0 fully saturated rings. The summed E-state index contributed by atoms with van der Waals surface area (Å²) in [6, 6.07) is 17.7. The number of benzene rings is 2. The summed E-state index contributed by atoms with van der Waals surface area (Å²) in [5.41, 5.74) is 4.56. The van der Waals surface area contributed by atoms with E-state index in [0.717, 1.165) is 26.4 Å². The maximum atomic E-state index is 13.8. The van der Waals surface area contributed by atoms with Crippen molar-refractivity contribution in [2.45, 2.75) is 26.8 Å². The van der Waals surface area contributed by atoms with Crippen LogP contribution in [0.4, 0.5) is 0 Å². The summed E-state index contributed by atoms with van der Waals surface area (Å²) in [6.07, 6.45) is 0.538. The molecule has 0 saturated heterocycles. The van der Waals surface area contributed by atoms with E-state index in [0.29, 0.717) is 36.3 Å². The molecule has 0 spiro atoms. The number of rotatable bonds is 6. The highest BCUT2D eigenvalue weighted by molar-refractivity contribution is 7.19. The summed E-state index contributed by atoms with van der Waals surface area (Å²) in [5, 5.41) is 9.89. The van der Waals surface area contributed by atoms with Crippen molar-refractivity contribution < 1.29 is 4.74 Å². The molecule has 0 aliphatic heterocycles. The molecule has 156 valence electrons. The molecule has 0 saturated carbocycles. The van der Waals surface area contributed by atoms with Crippen LogP contribution in [0, 0.1) is 25.2 Å². The first-order valence-electron chi connectivity index (χ1n) is 10.1. The van der Waals surface area contributed by atoms with Crippen molar-refractivity contribution in [2.24, 2.45) is 0 Å². The van der Waals surface area contributed by atoms with Crippen LogP contribution in [0.3, 0.4) is 0 Å². The third-order valence-corrected chi connectivity index (χ3v) is 6.33. The summed E-state index contributed by atoms with van der Waals surface area (Å²) >= 11 is 1.55. The SMILES string of the molecule is COCCc1nc2sc(C)c(-c3ccc(C)cc3)c2c(=O)n1Cc1cccc(C#N)c1. The van der Waals surface area contributed by atoms with Gasteiger partial charge in [0.1, 0.15) is 10.7 Å². The lowest BCUT2D eigenvalue weighted by molar-refractivity contribution is 0.199. The number of aryl methyl sites for hydroxylation is 2. The zero-order valence-corrected chi connectivity index (χ0v) is 18.6. The standard InChI is InChI=1S/C25H23N3O2S/c1-16-7-9-20(10-8-16)22-17(2)31-24-23(22)25(29)28(21(27-24)11-12-30-3)15-19-6-4-5-18(13-19)14-26/h4-10,13H,11-12,15H2,1-3H3. The second-order valence-corrected chi connectivity index (χ2v) is 8.76. The van der Waals surface area contributed by atoms with Gasteiger partial charge in [-0.2, -0.15) is 5.26 Å². The topological polar surface area (TPSA) is 67.9 Å². The Morgan fingerprint density at radius 1 is 1.16 bits per heavy atom. The highest BCUT2D eigenvalue weighted by Gasteiger charge is 2.20. The molecule has 0 atom stereocenters. The number of fused-ring (bicyclic) bond motifs is 1. The van der Waals surface area contributed by atoms with Gasteiger partial charge in [-0.15, -0.1) is 11.3 Å². The number of nitriles is 1. The van der Waals surface area contributed by atoms with E-state index in [1.165, 1.54) is 5.56 Å². The molecule has 31 heavy (non-hydrogen) atoms. The lowest BCUT2D eigenvalue weighted by atomic mass is 10.0. The molecule has 0 amide bonds. The summed E-state index contributed by atoms with van der Waals surface area (Å²) in [7, 11) is 1.64. The van der Waals surface area contributed by atoms with E-state index in [1.807, 2.05) is 32.0 Å². The smallest absolute Gasteiger partial charge is 0.263 e. The van der Waals surface area contributed by atoms with Gasteiger partial charge in [0.15, 0.2) is 0 Å². The van der Waals surface area contributed by atoms with Gasteiger partial charge in [-0.05, 0) is 37.1 Å². The van der Waals surface area contributed by atoms with Gasteiger partial charge in [-0.25, -0.2) is 4.98 Å². The first-order valence-corrected chi connectivity index (χ1v) is 10.9. The molecule has 0 radical (unpaired) electrons. The minimum absolute atomic E-state index is 0.0570. The highest BCUT2D eigenvalue weighted by Crippen LogP contribution is 2.36. The average molecular weight is 430 g/mol. The molecule has 0 bridgehead atoms. The van der Waals surface area contributed by atoms with Gasteiger partial charge in [0.2, 0.25) is 0 Å². The van der Waals surface area contributed by atoms with Crippen molar-refractivity contribution in [2.75, 3.05) is 13.7 Å². The second kappa shape index (κ2) is 8.84. The highest BCUT2D eigenvalue weighted by atomic mass is 32.1. The van der Waals surface area contributed by atoms with Gasteiger partial charge >= 0.3 is 0 Å². The molecule has 0 N–H and O–H groups in total. The lowest BCUT2D eigenvalue weighted by Gasteiger charge is -2.13. The molecule has 0 aliphatic rings. The summed E-state index contributed by atoms with van der Waals surface area (Å²) in [6.45, 7) is 4.93. The Hall–Kier alpha value is -3.27. The number of nitrogens with zero attached hydrogens (tertiary/aromatic N) is 3. The Balaban J connectivity index is 1.93. The van der Waals surface area contributed by atoms with Gasteiger partial charge in [0.25, 0.3) is 5.56 Å². The molecule has 4 aromatic rings. The predicted octanol–water partition coefficient (Wildman–Crippen LogP) is 4.85. The van der Waals surface area contributed by atoms with Gasteiger partial charge < -0.3 is 4.74 Å². The number of thiophene rings is 1. The number of hydrogen-bond acceptors (Lipinski definition) is 5. The Morgan fingerprint density at radius 3 is 2.65 bits per heavy atom. The molecule has 5 nitrogen and oxygen atoms in total. The van der Waals surface area contributed by atoms with Crippen LogP contribution < -0.4 is 5.56 Å². The molecule has 6 heteroatoms. The Labute approximate surface area is 185 Å². The fraction of sp³-hybridized carbons (Fsp3) is 0.240. The molecule has 0 aliphatic carbocycles. The first-order chi connectivity index (χ1) is 15.0.